The van der Waals surface area contributed by atoms with Gasteiger partial charge in [0.25, 0.3) is 0 Å². The summed E-state index contributed by atoms with van der Waals surface area (Å²) in [5.41, 5.74) is 3.71. The molecule has 0 aliphatic rings. The van der Waals surface area contributed by atoms with Crippen molar-refractivity contribution in [2.75, 3.05) is 12.4 Å². The highest BCUT2D eigenvalue weighted by atomic mass is 32.1. The van der Waals surface area contributed by atoms with E-state index >= 15 is 0 Å². The van der Waals surface area contributed by atoms with E-state index in [1.54, 1.807) is 0 Å². The number of nitrogens with one attached hydrogen (secondary N) is 2. The molecule has 0 unspecified atom stereocenters. The first kappa shape index (κ1) is 18.4. The van der Waals surface area contributed by atoms with E-state index in [0.29, 0.717) is 22.2 Å². The number of thiocarbonyl (C=S) groups is 1. The Bertz CT molecular complexity index is 764. The minimum Gasteiger partial charge on any atom is -0.465 e. The zero-order valence-electron chi connectivity index (χ0n) is 14.5. The molecule has 0 saturated carbocycles. The van der Waals surface area contributed by atoms with Gasteiger partial charge in [-0.1, -0.05) is 6.92 Å². The predicted molar refractivity (Wildman–Crippen MR) is 101 cm³/mol. The number of anilines is 1. The number of esters is 1. The second kappa shape index (κ2) is 7.76. The fourth-order valence-corrected chi connectivity index (χ4v) is 3.59. The Labute approximate surface area is 151 Å². The summed E-state index contributed by atoms with van der Waals surface area (Å²) >= 11 is 6.87. The molecule has 0 aliphatic heterocycles. The largest absolute Gasteiger partial charge is 0.465 e. The molecule has 2 N–H and O–H groups in total. The maximum atomic E-state index is 11.9. The van der Waals surface area contributed by atoms with Gasteiger partial charge < -0.3 is 15.4 Å². The third-order valence-corrected chi connectivity index (χ3v) is 5.29. The first-order chi connectivity index (χ1) is 11.4. The molecule has 2 aromatic heterocycles. The third kappa shape index (κ3) is 3.93. The maximum absolute atomic E-state index is 11.9. The monoisotopic (exact) mass is 366 g/mol. The fraction of sp³-hybridized carbons (Fsp3) is 0.438. The van der Waals surface area contributed by atoms with Crippen LogP contribution in [0.25, 0.3) is 0 Å². The molecule has 0 amide bonds. The normalized spacial score (nSPS) is 10.5. The van der Waals surface area contributed by atoms with Crippen molar-refractivity contribution in [3.05, 3.63) is 33.5 Å². The highest BCUT2D eigenvalue weighted by Gasteiger charge is 2.17. The summed E-state index contributed by atoms with van der Waals surface area (Å²) in [5, 5.41) is 11.8. The van der Waals surface area contributed by atoms with Crippen LogP contribution in [0.4, 0.5) is 5.00 Å². The van der Waals surface area contributed by atoms with E-state index in [1.807, 2.05) is 38.6 Å². The van der Waals surface area contributed by atoms with Crippen LogP contribution in [0.1, 0.15) is 39.1 Å². The molecule has 8 heteroatoms. The van der Waals surface area contributed by atoms with Crippen molar-refractivity contribution < 1.29 is 9.53 Å². The number of thiophene rings is 1. The van der Waals surface area contributed by atoms with Crippen LogP contribution < -0.4 is 10.6 Å². The zero-order chi connectivity index (χ0) is 17.9. The topological polar surface area (TPSA) is 68.2 Å². The molecule has 0 atom stereocenters. The minimum atomic E-state index is -0.366. The van der Waals surface area contributed by atoms with Crippen molar-refractivity contribution in [3.8, 4) is 0 Å². The van der Waals surface area contributed by atoms with Gasteiger partial charge in [-0.25, -0.2) is 4.79 Å². The predicted octanol–water partition coefficient (Wildman–Crippen LogP) is 2.93. The van der Waals surface area contributed by atoms with Gasteiger partial charge in [0.05, 0.1) is 18.4 Å². The summed E-state index contributed by atoms with van der Waals surface area (Å²) in [6, 6.07) is 1.84. The van der Waals surface area contributed by atoms with Crippen LogP contribution in [0, 0.1) is 13.8 Å². The molecule has 0 bridgehead atoms. The Kier molecular flexibility index (Phi) is 5.95. The zero-order valence-corrected chi connectivity index (χ0v) is 16.2. The van der Waals surface area contributed by atoms with Gasteiger partial charge in [0.2, 0.25) is 0 Å². The van der Waals surface area contributed by atoms with E-state index in [2.05, 4.69) is 15.7 Å². The second-order valence-corrected chi connectivity index (χ2v) is 6.93. The van der Waals surface area contributed by atoms with E-state index < -0.39 is 0 Å². The first-order valence-corrected chi connectivity index (χ1v) is 8.84. The number of hydrogen-bond acceptors (Lipinski definition) is 5. The molecule has 0 fully saturated rings. The lowest BCUT2D eigenvalue weighted by atomic mass is 10.2. The molecule has 0 spiro atoms. The molecule has 0 radical (unpaired) electrons. The second-order valence-electron chi connectivity index (χ2n) is 5.38. The van der Waals surface area contributed by atoms with Crippen molar-refractivity contribution in [1.29, 1.82) is 0 Å². The van der Waals surface area contributed by atoms with Gasteiger partial charge in [0.1, 0.15) is 5.00 Å². The molecule has 2 rings (SSSR count). The molecular formula is C16H22N4O2S2. The van der Waals surface area contributed by atoms with Crippen molar-refractivity contribution in [2.24, 2.45) is 7.05 Å². The Morgan fingerprint density at radius 1 is 1.46 bits per heavy atom. The van der Waals surface area contributed by atoms with Crippen molar-refractivity contribution in [1.82, 2.24) is 15.1 Å². The first-order valence-electron chi connectivity index (χ1n) is 7.62. The van der Waals surface area contributed by atoms with Crippen LogP contribution >= 0.6 is 23.6 Å². The van der Waals surface area contributed by atoms with Gasteiger partial charge in [-0.3, -0.25) is 4.68 Å². The van der Waals surface area contributed by atoms with Crippen LogP contribution in [-0.4, -0.2) is 28.0 Å². The molecule has 0 saturated heterocycles. The molecule has 2 aromatic rings. The lowest BCUT2D eigenvalue weighted by molar-refractivity contribution is 0.0602. The van der Waals surface area contributed by atoms with Gasteiger partial charge in [0, 0.05) is 29.7 Å². The van der Waals surface area contributed by atoms with Gasteiger partial charge in [-0.2, -0.15) is 5.10 Å². The molecule has 130 valence electrons. The third-order valence-electron chi connectivity index (χ3n) is 3.85. The minimum absolute atomic E-state index is 0.366. The van der Waals surface area contributed by atoms with Crippen LogP contribution in [0.2, 0.25) is 0 Å². The molecule has 2 heterocycles. The van der Waals surface area contributed by atoms with Crippen LogP contribution in [0.3, 0.4) is 0 Å². The smallest absolute Gasteiger partial charge is 0.340 e. The van der Waals surface area contributed by atoms with E-state index in [0.717, 1.165) is 28.2 Å². The number of methoxy groups -OCH3 is 1. The van der Waals surface area contributed by atoms with Gasteiger partial charge in [-0.15, -0.1) is 11.3 Å². The summed E-state index contributed by atoms with van der Waals surface area (Å²) in [4.78, 5) is 13.0. The van der Waals surface area contributed by atoms with E-state index in [9.17, 15) is 4.79 Å². The van der Waals surface area contributed by atoms with Crippen molar-refractivity contribution in [2.45, 2.75) is 33.7 Å². The summed E-state index contributed by atoms with van der Waals surface area (Å²) in [5.74, 6) is -0.366. The average Bonchev–Trinajstić information content (AvgIpc) is 3.06. The van der Waals surface area contributed by atoms with E-state index in [4.69, 9.17) is 17.0 Å². The summed E-state index contributed by atoms with van der Waals surface area (Å²) in [7, 11) is 3.29. The Morgan fingerprint density at radius 3 is 2.71 bits per heavy atom. The Hall–Kier alpha value is -1.93. The molecule has 0 aliphatic carbocycles. The lowest BCUT2D eigenvalue weighted by Gasteiger charge is -2.10. The SMILES string of the molecule is CCc1cc(C(=O)OC)c(NC(=S)NCc2c(C)nn(C)c2C)s1. The summed E-state index contributed by atoms with van der Waals surface area (Å²) < 4.78 is 6.69. The van der Waals surface area contributed by atoms with E-state index in [-0.39, 0.29) is 5.97 Å². The fourth-order valence-electron chi connectivity index (χ4n) is 2.36. The van der Waals surface area contributed by atoms with Gasteiger partial charge in [0.15, 0.2) is 5.11 Å². The number of aryl methyl sites for hydroxylation is 3. The summed E-state index contributed by atoms with van der Waals surface area (Å²) in [6.45, 7) is 6.62. The number of hydrogen-bond donors (Lipinski definition) is 2. The average molecular weight is 367 g/mol. The van der Waals surface area contributed by atoms with Gasteiger partial charge >= 0.3 is 5.97 Å². The molecule has 0 aromatic carbocycles. The van der Waals surface area contributed by atoms with Crippen molar-refractivity contribution >= 4 is 39.6 Å². The van der Waals surface area contributed by atoms with Crippen molar-refractivity contribution in [3.63, 3.8) is 0 Å². The Morgan fingerprint density at radius 2 is 2.17 bits per heavy atom. The number of nitrogens with zero attached hydrogens (tertiary/aromatic N) is 2. The highest BCUT2D eigenvalue weighted by Crippen LogP contribution is 2.29. The quantitative estimate of drug-likeness (QED) is 0.626. The lowest BCUT2D eigenvalue weighted by Crippen LogP contribution is -2.28. The number of rotatable bonds is 5. The highest BCUT2D eigenvalue weighted by molar-refractivity contribution is 7.80. The standard InChI is InChI=1S/C16H22N4O2S2/c1-6-11-7-12(15(21)22-5)14(24-11)18-16(23)17-8-13-9(2)19-20(4)10(13)3/h7H,6,8H2,1-5H3,(H2,17,18,23). The van der Waals surface area contributed by atoms with Crippen LogP contribution in [-0.2, 0) is 24.8 Å². The molecule has 24 heavy (non-hydrogen) atoms. The molecular weight excluding hydrogens is 344 g/mol. The number of ether oxygens (including phenoxy) is 1. The number of carbonyl (C=O) groups is 1. The summed E-state index contributed by atoms with van der Waals surface area (Å²) in [6.07, 6.45) is 0.852. The molecule has 6 nitrogen and oxygen atoms in total. The Balaban J connectivity index is 2.07. The number of carbonyl (C=O) groups excluding carboxylic acids is 1. The maximum Gasteiger partial charge on any atom is 0.340 e. The number of aromatic nitrogens is 2. The van der Waals surface area contributed by atoms with Crippen LogP contribution in [0.15, 0.2) is 6.07 Å². The van der Waals surface area contributed by atoms with Crippen LogP contribution in [0.5, 0.6) is 0 Å². The van der Waals surface area contributed by atoms with E-state index in [1.165, 1.54) is 18.4 Å². The van der Waals surface area contributed by atoms with Gasteiger partial charge in [-0.05, 0) is 38.6 Å².